The Morgan fingerprint density at radius 1 is 0.839 bits per heavy atom. The number of Topliss-reactive ketones (excluding diaryl/α,β-unsaturated/α-hetero) is 1. The van der Waals surface area contributed by atoms with E-state index in [-0.39, 0.29) is 42.6 Å². The van der Waals surface area contributed by atoms with Crippen LogP contribution in [0.3, 0.4) is 0 Å². The fourth-order valence-corrected chi connectivity index (χ4v) is 2.80. The normalized spacial score (nSPS) is 10.2. The van der Waals surface area contributed by atoms with Crippen LogP contribution in [0, 0.1) is 5.82 Å². The maximum Gasteiger partial charge on any atom is 0.258 e. The molecule has 3 aromatic carbocycles. The first-order chi connectivity index (χ1) is 15.0. The number of rotatable bonds is 9. The Morgan fingerprint density at radius 3 is 2.35 bits per heavy atom. The Bertz CT molecular complexity index is 1070. The predicted molar refractivity (Wildman–Crippen MR) is 113 cm³/mol. The zero-order valence-corrected chi connectivity index (χ0v) is 16.6. The number of carbonyl (C=O) groups excluding carboxylic acids is 3. The molecule has 0 radical (unpaired) electrons. The van der Waals surface area contributed by atoms with Crippen LogP contribution in [0.5, 0.6) is 5.75 Å². The van der Waals surface area contributed by atoms with Crippen LogP contribution < -0.4 is 15.4 Å². The lowest BCUT2D eigenvalue weighted by Gasteiger charge is -2.12. The summed E-state index contributed by atoms with van der Waals surface area (Å²) < 4.78 is 18.7. The van der Waals surface area contributed by atoms with E-state index in [0.717, 1.165) is 0 Å². The van der Waals surface area contributed by atoms with Crippen molar-refractivity contribution in [3.63, 3.8) is 0 Å². The maximum absolute atomic E-state index is 13.2. The van der Waals surface area contributed by atoms with Gasteiger partial charge in [0.05, 0.1) is 12.1 Å². The molecule has 0 heterocycles. The van der Waals surface area contributed by atoms with E-state index in [1.54, 1.807) is 66.7 Å². The number of hydrogen-bond acceptors (Lipinski definition) is 4. The second-order valence-electron chi connectivity index (χ2n) is 6.66. The Morgan fingerprint density at radius 2 is 1.58 bits per heavy atom. The van der Waals surface area contributed by atoms with Crippen molar-refractivity contribution >= 4 is 17.6 Å². The predicted octanol–water partition coefficient (Wildman–Crippen LogP) is 3.13. The van der Waals surface area contributed by atoms with Crippen molar-refractivity contribution in [2.45, 2.75) is 6.54 Å². The number of halogens is 1. The van der Waals surface area contributed by atoms with Gasteiger partial charge in [0.15, 0.2) is 12.4 Å². The average Bonchev–Trinajstić information content (AvgIpc) is 2.80. The molecule has 6 nitrogen and oxygen atoms in total. The zero-order valence-electron chi connectivity index (χ0n) is 16.6. The highest BCUT2D eigenvalue weighted by atomic mass is 19.1. The molecule has 2 amide bonds. The highest BCUT2D eigenvalue weighted by Gasteiger charge is 2.15. The lowest BCUT2D eigenvalue weighted by Crippen LogP contribution is -2.31. The van der Waals surface area contributed by atoms with Gasteiger partial charge in [0, 0.05) is 12.1 Å². The molecule has 0 unspecified atom stereocenters. The van der Waals surface area contributed by atoms with E-state index in [2.05, 4.69) is 10.6 Å². The van der Waals surface area contributed by atoms with Crippen LogP contribution in [0.15, 0.2) is 78.9 Å². The highest BCUT2D eigenvalue weighted by Crippen LogP contribution is 2.17. The molecule has 0 bridgehead atoms. The molecule has 0 aliphatic carbocycles. The number of carbonyl (C=O) groups is 3. The molecule has 0 saturated heterocycles. The summed E-state index contributed by atoms with van der Waals surface area (Å²) in [5.41, 5.74) is 1.33. The molecule has 2 N–H and O–H groups in total. The van der Waals surface area contributed by atoms with E-state index < -0.39 is 11.8 Å². The molecule has 0 atom stereocenters. The van der Waals surface area contributed by atoms with Crippen LogP contribution in [0.4, 0.5) is 4.39 Å². The van der Waals surface area contributed by atoms with Crippen LogP contribution in [-0.4, -0.2) is 30.7 Å². The zero-order chi connectivity index (χ0) is 22.1. The number of para-hydroxylation sites is 1. The summed E-state index contributed by atoms with van der Waals surface area (Å²) in [4.78, 5) is 36.7. The molecule has 3 aromatic rings. The average molecular weight is 420 g/mol. The van der Waals surface area contributed by atoms with Crippen LogP contribution in [0.25, 0.3) is 0 Å². The van der Waals surface area contributed by atoms with Gasteiger partial charge in [-0.2, -0.15) is 0 Å². The first-order valence-electron chi connectivity index (χ1n) is 9.62. The fraction of sp³-hybridized carbons (Fsp3) is 0.125. The van der Waals surface area contributed by atoms with E-state index in [1.807, 2.05) is 0 Å². The van der Waals surface area contributed by atoms with Gasteiger partial charge in [-0.1, -0.05) is 54.6 Å². The Hall–Kier alpha value is -4.00. The fourth-order valence-electron chi connectivity index (χ4n) is 2.80. The van der Waals surface area contributed by atoms with E-state index in [1.165, 1.54) is 12.1 Å². The van der Waals surface area contributed by atoms with Crippen molar-refractivity contribution in [3.8, 4) is 5.75 Å². The number of nitrogens with one attached hydrogen (secondary N) is 2. The minimum absolute atomic E-state index is 0.156. The molecule has 31 heavy (non-hydrogen) atoms. The number of ether oxygens (including phenoxy) is 1. The largest absolute Gasteiger partial charge is 0.483 e. The van der Waals surface area contributed by atoms with Gasteiger partial charge < -0.3 is 15.4 Å². The minimum Gasteiger partial charge on any atom is -0.483 e. The second-order valence-corrected chi connectivity index (χ2v) is 6.66. The standard InChI is InChI=1S/C24H21FN2O4/c25-19-10-6-7-17(13-19)14-26-23(29)16-31-22-12-5-4-11-20(22)24(30)27-15-21(28)18-8-2-1-3-9-18/h1-13H,14-16H2,(H,26,29)(H,27,30). The third kappa shape index (κ3) is 6.50. The molecule has 0 aliphatic rings. The highest BCUT2D eigenvalue weighted by molar-refractivity contribution is 6.03. The summed E-state index contributed by atoms with van der Waals surface area (Å²) in [5.74, 6) is -1.29. The summed E-state index contributed by atoms with van der Waals surface area (Å²) in [6, 6.07) is 21.0. The Kier molecular flexibility index (Phi) is 7.48. The summed E-state index contributed by atoms with van der Waals surface area (Å²) in [7, 11) is 0. The van der Waals surface area contributed by atoms with Crippen molar-refractivity contribution < 1.29 is 23.5 Å². The lowest BCUT2D eigenvalue weighted by atomic mass is 10.1. The summed E-state index contributed by atoms with van der Waals surface area (Å²) >= 11 is 0. The van der Waals surface area contributed by atoms with Gasteiger partial charge in [-0.05, 0) is 29.8 Å². The van der Waals surface area contributed by atoms with Crippen molar-refractivity contribution in [3.05, 3.63) is 101 Å². The summed E-state index contributed by atoms with van der Waals surface area (Å²) in [6.07, 6.45) is 0. The van der Waals surface area contributed by atoms with Crippen LogP contribution >= 0.6 is 0 Å². The first kappa shape index (κ1) is 21.7. The van der Waals surface area contributed by atoms with E-state index >= 15 is 0 Å². The first-order valence-corrected chi connectivity index (χ1v) is 9.62. The van der Waals surface area contributed by atoms with Gasteiger partial charge in [-0.15, -0.1) is 0 Å². The molecule has 3 rings (SSSR count). The van der Waals surface area contributed by atoms with Crippen molar-refractivity contribution in [1.29, 1.82) is 0 Å². The van der Waals surface area contributed by atoms with Crippen molar-refractivity contribution in [2.24, 2.45) is 0 Å². The molecule has 7 heteroatoms. The van der Waals surface area contributed by atoms with Crippen LogP contribution in [0.2, 0.25) is 0 Å². The molecule has 0 spiro atoms. The second kappa shape index (κ2) is 10.7. The molecule has 0 fully saturated rings. The lowest BCUT2D eigenvalue weighted by molar-refractivity contribution is -0.123. The van der Waals surface area contributed by atoms with Crippen LogP contribution in [0.1, 0.15) is 26.3 Å². The quantitative estimate of drug-likeness (QED) is 0.521. The maximum atomic E-state index is 13.2. The number of amides is 2. The Labute approximate surface area is 179 Å². The summed E-state index contributed by atoms with van der Waals surface area (Å²) in [5, 5.41) is 5.20. The van der Waals surface area contributed by atoms with E-state index in [0.29, 0.717) is 11.1 Å². The smallest absolute Gasteiger partial charge is 0.258 e. The van der Waals surface area contributed by atoms with E-state index in [9.17, 15) is 18.8 Å². The Balaban J connectivity index is 1.52. The van der Waals surface area contributed by atoms with Crippen molar-refractivity contribution in [1.82, 2.24) is 10.6 Å². The minimum atomic E-state index is -0.486. The summed E-state index contributed by atoms with van der Waals surface area (Å²) in [6.45, 7) is -0.322. The van der Waals surface area contributed by atoms with Gasteiger partial charge >= 0.3 is 0 Å². The van der Waals surface area contributed by atoms with Crippen molar-refractivity contribution in [2.75, 3.05) is 13.2 Å². The van der Waals surface area contributed by atoms with Gasteiger partial charge in [-0.3, -0.25) is 14.4 Å². The number of benzene rings is 3. The third-order valence-corrected chi connectivity index (χ3v) is 4.37. The molecule has 0 aliphatic heterocycles. The molecule has 0 saturated carbocycles. The molecule has 158 valence electrons. The van der Waals surface area contributed by atoms with Gasteiger partial charge in [-0.25, -0.2) is 4.39 Å². The van der Waals surface area contributed by atoms with Gasteiger partial charge in [0.1, 0.15) is 11.6 Å². The topological polar surface area (TPSA) is 84.5 Å². The van der Waals surface area contributed by atoms with Crippen LogP contribution in [-0.2, 0) is 11.3 Å². The van der Waals surface area contributed by atoms with Gasteiger partial charge in [0.2, 0.25) is 0 Å². The third-order valence-electron chi connectivity index (χ3n) is 4.37. The van der Waals surface area contributed by atoms with E-state index in [4.69, 9.17) is 4.74 Å². The SMILES string of the molecule is O=C(COc1ccccc1C(=O)NCC(=O)c1ccccc1)NCc1cccc(F)c1. The number of ketones is 1. The molecular formula is C24H21FN2O4. The molecular weight excluding hydrogens is 399 g/mol. The van der Waals surface area contributed by atoms with Gasteiger partial charge in [0.25, 0.3) is 11.8 Å². The molecule has 0 aromatic heterocycles. The number of hydrogen-bond donors (Lipinski definition) is 2. The monoisotopic (exact) mass is 420 g/mol.